The molecule has 0 aliphatic heterocycles. The molecule has 1 aromatic carbocycles. The predicted octanol–water partition coefficient (Wildman–Crippen LogP) is 2.80. The molecule has 0 saturated carbocycles. The van der Waals surface area contributed by atoms with E-state index in [0.29, 0.717) is 0 Å². The van der Waals surface area contributed by atoms with Gasteiger partial charge in [0.15, 0.2) is 0 Å². The third kappa shape index (κ3) is 1.11. The largest absolute Gasteiger partial charge is 0.494 e. The number of methoxy groups -OCH3 is 1. The first-order valence-corrected chi connectivity index (χ1v) is 5.21. The zero-order valence-corrected chi connectivity index (χ0v) is 9.27. The minimum Gasteiger partial charge on any atom is -0.494 e. The van der Waals surface area contributed by atoms with Crippen LogP contribution in [-0.4, -0.2) is 16.5 Å². The summed E-state index contributed by atoms with van der Waals surface area (Å²) in [6.07, 6.45) is 2.04. The molecule has 3 heteroatoms. The van der Waals surface area contributed by atoms with Crippen molar-refractivity contribution >= 4 is 16.6 Å². The second-order valence-electron chi connectivity index (χ2n) is 3.79. The highest BCUT2D eigenvalue weighted by molar-refractivity contribution is 5.85. The van der Waals surface area contributed by atoms with E-state index in [1.54, 1.807) is 7.11 Å². The maximum absolute atomic E-state index is 5.38. The average molecular weight is 212 g/mol. The average Bonchev–Trinajstić information content (AvgIpc) is 2.77. The predicted molar refractivity (Wildman–Crippen MR) is 64.0 cm³/mol. The van der Waals surface area contributed by atoms with Gasteiger partial charge in [-0.05, 0) is 31.2 Å². The van der Waals surface area contributed by atoms with Gasteiger partial charge in [-0.25, -0.2) is 4.98 Å². The zero-order valence-electron chi connectivity index (χ0n) is 9.27. The van der Waals surface area contributed by atoms with Crippen LogP contribution in [0.25, 0.3) is 16.6 Å². The fourth-order valence-corrected chi connectivity index (χ4v) is 2.12. The first kappa shape index (κ1) is 9.21. The third-order valence-corrected chi connectivity index (χ3v) is 2.85. The lowest BCUT2D eigenvalue weighted by atomic mass is 10.2. The molecule has 3 rings (SSSR count). The van der Waals surface area contributed by atoms with Gasteiger partial charge in [0.05, 0.1) is 23.8 Å². The van der Waals surface area contributed by atoms with E-state index in [9.17, 15) is 0 Å². The van der Waals surface area contributed by atoms with Crippen LogP contribution < -0.4 is 4.74 Å². The van der Waals surface area contributed by atoms with E-state index in [1.807, 2.05) is 37.4 Å². The number of fused-ring (bicyclic) bond motifs is 3. The Morgan fingerprint density at radius 2 is 2.06 bits per heavy atom. The Kier molecular flexibility index (Phi) is 1.86. The number of para-hydroxylation sites is 1. The summed E-state index contributed by atoms with van der Waals surface area (Å²) in [7, 11) is 1.68. The van der Waals surface area contributed by atoms with Gasteiger partial charge in [0, 0.05) is 6.20 Å². The smallest absolute Gasteiger partial charge is 0.145 e. The van der Waals surface area contributed by atoms with E-state index in [0.717, 1.165) is 28.0 Å². The molecular weight excluding hydrogens is 200 g/mol. The highest BCUT2D eigenvalue weighted by Gasteiger charge is 2.08. The lowest BCUT2D eigenvalue weighted by molar-refractivity contribution is 0.418. The van der Waals surface area contributed by atoms with Crippen molar-refractivity contribution in [1.82, 2.24) is 9.38 Å². The normalized spacial score (nSPS) is 11.1. The molecule has 0 radical (unpaired) electrons. The number of hydrogen-bond donors (Lipinski definition) is 0. The van der Waals surface area contributed by atoms with Gasteiger partial charge in [0.2, 0.25) is 0 Å². The molecule has 16 heavy (non-hydrogen) atoms. The molecule has 80 valence electrons. The van der Waals surface area contributed by atoms with Gasteiger partial charge in [0.25, 0.3) is 0 Å². The van der Waals surface area contributed by atoms with Crippen LogP contribution in [0.4, 0.5) is 0 Å². The SMILES string of the molecule is COc1cccc2nc(C)c3cccn3c12. The van der Waals surface area contributed by atoms with Crippen LogP contribution in [0.15, 0.2) is 36.5 Å². The molecule has 0 aliphatic carbocycles. The molecule has 0 saturated heterocycles. The van der Waals surface area contributed by atoms with Crippen LogP contribution in [0.5, 0.6) is 5.75 Å². The quantitative estimate of drug-likeness (QED) is 0.620. The second kappa shape index (κ2) is 3.23. The summed E-state index contributed by atoms with van der Waals surface area (Å²) >= 11 is 0. The molecule has 0 N–H and O–H groups in total. The summed E-state index contributed by atoms with van der Waals surface area (Å²) in [4.78, 5) is 4.58. The van der Waals surface area contributed by atoms with E-state index >= 15 is 0 Å². The summed E-state index contributed by atoms with van der Waals surface area (Å²) < 4.78 is 7.51. The first-order valence-electron chi connectivity index (χ1n) is 5.21. The van der Waals surface area contributed by atoms with E-state index in [4.69, 9.17) is 4.74 Å². The Balaban J connectivity index is 2.60. The van der Waals surface area contributed by atoms with E-state index in [-0.39, 0.29) is 0 Å². The summed E-state index contributed by atoms with van der Waals surface area (Å²) in [6, 6.07) is 10.0. The molecular formula is C13H12N2O. The van der Waals surface area contributed by atoms with Crippen molar-refractivity contribution in [3.63, 3.8) is 0 Å². The first-order chi connectivity index (χ1) is 7.81. The maximum Gasteiger partial charge on any atom is 0.145 e. The minimum atomic E-state index is 0.853. The maximum atomic E-state index is 5.38. The van der Waals surface area contributed by atoms with Gasteiger partial charge in [0.1, 0.15) is 11.3 Å². The molecule has 3 nitrogen and oxygen atoms in total. The standard InChI is InChI=1S/C13H12N2O/c1-9-11-6-4-8-15(11)13-10(14-9)5-3-7-12(13)16-2/h3-8H,1-2H3. The number of benzene rings is 1. The molecule has 0 bridgehead atoms. The van der Waals surface area contributed by atoms with Gasteiger partial charge in [-0.15, -0.1) is 0 Å². The number of hydrogen-bond acceptors (Lipinski definition) is 2. The van der Waals surface area contributed by atoms with Crippen LogP contribution >= 0.6 is 0 Å². The second-order valence-corrected chi connectivity index (χ2v) is 3.79. The third-order valence-electron chi connectivity index (χ3n) is 2.85. The molecule has 0 fully saturated rings. The monoisotopic (exact) mass is 212 g/mol. The Labute approximate surface area is 93.3 Å². The number of ether oxygens (including phenoxy) is 1. The molecule has 0 amide bonds. The summed E-state index contributed by atoms with van der Waals surface area (Å²) in [5.41, 5.74) is 4.14. The summed E-state index contributed by atoms with van der Waals surface area (Å²) in [5, 5.41) is 0. The fourth-order valence-electron chi connectivity index (χ4n) is 2.12. The minimum absolute atomic E-state index is 0.853. The molecule has 0 unspecified atom stereocenters. The molecule has 0 atom stereocenters. The van der Waals surface area contributed by atoms with Crippen molar-refractivity contribution in [3.8, 4) is 5.75 Å². The van der Waals surface area contributed by atoms with Gasteiger partial charge < -0.3 is 9.14 Å². The van der Waals surface area contributed by atoms with Crippen molar-refractivity contribution in [2.75, 3.05) is 7.11 Å². The van der Waals surface area contributed by atoms with Crippen LogP contribution in [0, 0.1) is 6.92 Å². The molecule has 2 aromatic heterocycles. The van der Waals surface area contributed by atoms with Crippen LogP contribution in [0.3, 0.4) is 0 Å². The molecule has 2 heterocycles. The highest BCUT2D eigenvalue weighted by atomic mass is 16.5. The number of aryl methyl sites for hydroxylation is 1. The van der Waals surface area contributed by atoms with Crippen molar-refractivity contribution in [2.45, 2.75) is 6.92 Å². The van der Waals surface area contributed by atoms with E-state index in [1.165, 1.54) is 0 Å². The Bertz CT molecular complexity index is 670. The molecule has 3 aromatic rings. The lowest BCUT2D eigenvalue weighted by Crippen LogP contribution is -1.96. The molecule has 0 spiro atoms. The Morgan fingerprint density at radius 3 is 2.88 bits per heavy atom. The van der Waals surface area contributed by atoms with Crippen molar-refractivity contribution in [2.24, 2.45) is 0 Å². The number of aromatic nitrogens is 2. The van der Waals surface area contributed by atoms with Crippen LogP contribution in [0.1, 0.15) is 5.69 Å². The van der Waals surface area contributed by atoms with E-state index < -0.39 is 0 Å². The number of nitrogens with zero attached hydrogens (tertiary/aromatic N) is 2. The zero-order chi connectivity index (χ0) is 11.1. The van der Waals surface area contributed by atoms with Crippen molar-refractivity contribution in [3.05, 3.63) is 42.2 Å². The van der Waals surface area contributed by atoms with Crippen molar-refractivity contribution < 1.29 is 4.74 Å². The Hall–Kier alpha value is -2.03. The number of rotatable bonds is 1. The Morgan fingerprint density at radius 1 is 1.19 bits per heavy atom. The van der Waals surface area contributed by atoms with Crippen molar-refractivity contribution in [1.29, 1.82) is 0 Å². The summed E-state index contributed by atoms with van der Waals surface area (Å²) in [6.45, 7) is 2.02. The summed E-state index contributed by atoms with van der Waals surface area (Å²) in [5.74, 6) is 0.853. The van der Waals surface area contributed by atoms with Crippen LogP contribution in [-0.2, 0) is 0 Å². The van der Waals surface area contributed by atoms with Gasteiger partial charge in [-0.2, -0.15) is 0 Å². The fraction of sp³-hybridized carbons (Fsp3) is 0.154. The molecule has 0 aliphatic rings. The van der Waals surface area contributed by atoms with Gasteiger partial charge in [-0.3, -0.25) is 0 Å². The van der Waals surface area contributed by atoms with Gasteiger partial charge in [-0.1, -0.05) is 6.07 Å². The topological polar surface area (TPSA) is 26.5 Å². The lowest BCUT2D eigenvalue weighted by Gasteiger charge is -2.09. The van der Waals surface area contributed by atoms with Gasteiger partial charge >= 0.3 is 0 Å². The highest BCUT2D eigenvalue weighted by Crippen LogP contribution is 2.26. The van der Waals surface area contributed by atoms with Crippen LogP contribution in [0.2, 0.25) is 0 Å². The van der Waals surface area contributed by atoms with E-state index in [2.05, 4.69) is 15.5 Å².